The van der Waals surface area contributed by atoms with Gasteiger partial charge in [-0.15, -0.1) is 0 Å². The minimum absolute atomic E-state index is 0.0810. The lowest BCUT2D eigenvalue weighted by molar-refractivity contribution is 0.122. The number of hydrogen-bond donors (Lipinski definition) is 2. The van der Waals surface area contributed by atoms with E-state index in [0.717, 1.165) is 74.4 Å². The third-order valence-electron chi connectivity index (χ3n) is 6.20. The second-order valence-electron chi connectivity index (χ2n) is 7.98. The smallest absolute Gasteiger partial charge is 0.143 e. The molecule has 29 heavy (non-hydrogen) atoms. The predicted molar refractivity (Wildman–Crippen MR) is 113 cm³/mol. The monoisotopic (exact) mass is 395 g/mol. The zero-order valence-corrected chi connectivity index (χ0v) is 17.0. The lowest BCUT2D eigenvalue weighted by Gasteiger charge is -2.31. The second kappa shape index (κ2) is 8.16. The zero-order valence-electron chi connectivity index (χ0n) is 17.0. The summed E-state index contributed by atoms with van der Waals surface area (Å²) in [6.45, 7) is 7.46. The Hall–Kier alpha value is -2.38. The van der Waals surface area contributed by atoms with Crippen molar-refractivity contribution in [3.8, 4) is 5.75 Å². The van der Waals surface area contributed by atoms with Gasteiger partial charge in [-0.1, -0.05) is 13.0 Å². The molecule has 4 heterocycles. The molecule has 2 aromatic rings. The number of anilines is 3. The van der Waals surface area contributed by atoms with Crippen molar-refractivity contribution in [2.45, 2.75) is 38.2 Å². The van der Waals surface area contributed by atoms with Crippen LogP contribution in [0.1, 0.15) is 49.3 Å². The molecule has 0 amide bonds. The number of piperidine rings is 1. The highest BCUT2D eigenvalue weighted by Crippen LogP contribution is 2.43. The first-order valence-electron chi connectivity index (χ1n) is 10.8. The summed E-state index contributed by atoms with van der Waals surface area (Å²) in [5.41, 5.74) is 3.43. The van der Waals surface area contributed by atoms with Crippen LogP contribution in [0.15, 0.2) is 24.5 Å². The minimum Gasteiger partial charge on any atom is -0.483 e. The Bertz CT molecular complexity index is 862. The van der Waals surface area contributed by atoms with Crippen molar-refractivity contribution in [1.82, 2.24) is 15.3 Å². The van der Waals surface area contributed by atoms with Crippen LogP contribution in [-0.4, -0.2) is 49.4 Å². The highest BCUT2D eigenvalue weighted by molar-refractivity contribution is 5.72. The van der Waals surface area contributed by atoms with E-state index in [2.05, 4.69) is 50.6 Å². The number of hydrogen-bond acceptors (Lipinski definition) is 7. The van der Waals surface area contributed by atoms with E-state index in [9.17, 15) is 0 Å². The minimum atomic E-state index is -0.0810. The predicted octanol–water partition coefficient (Wildman–Crippen LogP) is 3.37. The molecule has 2 saturated heterocycles. The quantitative estimate of drug-likeness (QED) is 0.826. The topological polar surface area (TPSA) is 71.5 Å². The number of aromatic nitrogens is 2. The van der Waals surface area contributed by atoms with Crippen molar-refractivity contribution in [3.05, 3.63) is 35.7 Å². The van der Waals surface area contributed by atoms with Crippen LogP contribution >= 0.6 is 0 Å². The zero-order chi connectivity index (χ0) is 19.6. The van der Waals surface area contributed by atoms with E-state index in [1.54, 1.807) is 6.33 Å². The number of fused-ring (bicyclic) bond motifs is 2. The third kappa shape index (κ3) is 3.65. The molecular weight excluding hydrogens is 366 g/mol. The van der Waals surface area contributed by atoms with Crippen LogP contribution in [0, 0.1) is 0 Å². The molecule has 1 aromatic heterocycles. The molecule has 2 N–H and O–H groups in total. The number of ether oxygens (including phenoxy) is 2. The van der Waals surface area contributed by atoms with Crippen LogP contribution in [0.2, 0.25) is 0 Å². The normalized spacial score (nSPS) is 22.1. The highest BCUT2D eigenvalue weighted by atomic mass is 16.5. The van der Waals surface area contributed by atoms with Gasteiger partial charge in [-0.05, 0) is 56.0 Å². The van der Waals surface area contributed by atoms with E-state index in [1.807, 2.05) is 0 Å². The Kier molecular flexibility index (Phi) is 5.24. The van der Waals surface area contributed by atoms with Gasteiger partial charge in [-0.25, -0.2) is 9.97 Å². The molecule has 0 saturated carbocycles. The summed E-state index contributed by atoms with van der Waals surface area (Å²) in [6.07, 6.45) is 4.79. The van der Waals surface area contributed by atoms with Crippen molar-refractivity contribution in [2.24, 2.45) is 0 Å². The van der Waals surface area contributed by atoms with Crippen LogP contribution in [-0.2, 0) is 4.74 Å². The van der Waals surface area contributed by atoms with Gasteiger partial charge in [0.2, 0.25) is 0 Å². The van der Waals surface area contributed by atoms with Gasteiger partial charge in [0.1, 0.15) is 29.8 Å². The highest BCUT2D eigenvalue weighted by Gasteiger charge is 2.30. The number of benzene rings is 1. The van der Waals surface area contributed by atoms with Crippen molar-refractivity contribution < 1.29 is 9.47 Å². The van der Waals surface area contributed by atoms with Crippen molar-refractivity contribution in [3.63, 3.8) is 0 Å². The fourth-order valence-electron chi connectivity index (χ4n) is 4.59. The van der Waals surface area contributed by atoms with Gasteiger partial charge >= 0.3 is 0 Å². The molecule has 0 bridgehead atoms. The second-order valence-corrected chi connectivity index (χ2v) is 7.98. The summed E-state index contributed by atoms with van der Waals surface area (Å²) in [5, 5.41) is 7.03. The number of nitrogens with one attached hydrogen (secondary N) is 2. The van der Waals surface area contributed by atoms with Crippen molar-refractivity contribution >= 4 is 17.3 Å². The number of nitrogens with zero attached hydrogens (tertiary/aromatic N) is 3. The van der Waals surface area contributed by atoms with Crippen LogP contribution in [0.3, 0.4) is 0 Å². The molecule has 5 rings (SSSR count). The summed E-state index contributed by atoms with van der Waals surface area (Å²) in [7, 11) is 0. The molecular formula is C22H29N5O2. The van der Waals surface area contributed by atoms with Gasteiger partial charge in [-0.3, -0.25) is 0 Å². The lowest BCUT2D eigenvalue weighted by Crippen LogP contribution is -2.38. The first-order valence-corrected chi connectivity index (χ1v) is 10.8. The molecule has 0 radical (unpaired) electrons. The molecule has 2 fully saturated rings. The largest absolute Gasteiger partial charge is 0.483 e. The summed E-state index contributed by atoms with van der Waals surface area (Å²) in [4.78, 5) is 11.5. The number of rotatable bonds is 3. The molecule has 1 aromatic carbocycles. The fourth-order valence-corrected chi connectivity index (χ4v) is 4.59. The van der Waals surface area contributed by atoms with Gasteiger partial charge in [0.15, 0.2) is 0 Å². The molecule has 7 heteroatoms. The Labute approximate surface area is 171 Å². The summed E-state index contributed by atoms with van der Waals surface area (Å²) in [5.74, 6) is 3.31. The Morgan fingerprint density at radius 1 is 1.14 bits per heavy atom. The van der Waals surface area contributed by atoms with E-state index in [4.69, 9.17) is 9.47 Å². The van der Waals surface area contributed by atoms with Crippen LogP contribution in [0.25, 0.3) is 0 Å². The Balaban J connectivity index is 1.52. The van der Waals surface area contributed by atoms with Gasteiger partial charge < -0.3 is 25.0 Å². The van der Waals surface area contributed by atoms with E-state index in [0.29, 0.717) is 5.92 Å². The molecule has 0 spiro atoms. The lowest BCUT2D eigenvalue weighted by atomic mass is 9.90. The standard InChI is InChI=1S/C22H29N5O2/c1-2-18-20-21(24-14-25-22(20)27-9-11-28-12-10-27)26-17-13-16(3-4-19(17)29-18)15-5-7-23-8-6-15/h3-4,13-15,18,23H,2,5-12H2,1H3,(H,24,25,26). The fraction of sp³-hybridized carbons (Fsp3) is 0.545. The average molecular weight is 396 g/mol. The number of morpholine rings is 1. The van der Waals surface area contributed by atoms with Crippen molar-refractivity contribution in [2.75, 3.05) is 49.6 Å². The molecule has 7 nitrogen and oxygen atoms in total. The van der Waals surface area contributed by atoms with Gasteiger partial charge in [0.25, 0.3) is 0 Å². The molecule has 154 valence electrons. The summed E-state index contributed by atoms with van der Waals surface area (Å²) >= 11 is 0. The first-order chi connectivity index (χ1) is 14.3. The van der Waals surface area contributed by atoms with E-state index in [-0.39, 0.29) is 6.10 Å². The molecule has 0 aliphatic carbocycles. The summed E-state index contributed by atoms with van der Waals surface area (Å²) in [6, 6.07) is 6.60. The van der Waals surface area contributed by atoms with Gasteiger partial charge in [-0.2, -0.15) is 0 Å². The van der Waals surface area contributed by atoms with Crippen LogP contribution in [0.5, 0.6) is 5.75 Å². The molecule has 3 aliphatic rings. The average Bonchev–Trinajstić information content (AvgIpc) is 2.96. The van der Waals surface area contributed by atoms with Crippen LogP contribution < -0.4 is 20.3 Å². The molecule has 3 aliphatic heterocycles. The maximum absolute atomic E-state index is 6.49. The van der Waals surface area contributed by atoms with E-state index in [1.165, 1.54) is 18.4 Å². The SMILES string of the molecule is CCC1Oc2ccc(C3CCNCC3)cc2Nc2ncnc(N3CCOCC3)c21. The molecule has 1 atom stereocenters. The van der Waals surface area contributed by atoms with E-state index >= 15 is 0 Å². The first kappa shape index (κ1) is 18.6. The summed E-state index contributed by atoms with van der Waals surface area (Å²) < 4.78 is 12.0. The maximum Gasteiger partial charge on any atom is 0.143 e. The Morgan fingerprint density at radius 3 is 2.76 bits per heavy atom. The van der Waals surface area contributed by atoms with Crippen LogP contribution in [0.4, 0.5) is 17.3 Å². The van der Waals surface area contributed by atoms with Gasteiger partial charge in [0.05, 0.1) is 24.5 Å². The van der Waals surface area contributed by atoms with Gasteiger partial charge in [0, 0.05) is 13.1 Å². The molecule has 1 unspecified atom stereocenters. The van der Waals surface area contributed by atoms with Crippen molar-refractivity contribution in [1.29, 1.82) is 0 Å². The maximum atomic E-state index is 6.49. The van der Waals surface area contributed by atoms with E-state index < -0.39 is 0 Å². The Morgan fingerprint density at radius 2 is 1.97 bits per heavy atom. The third-order valence-corrected chi connectivity index (χ3v) is 6.20.